The van der Waals surface area contributed by atoms with E-state index in [2.05, 4.69) is 55.0 Å². The molecule has 4 nitrogen and oxygen atoms in total. The van der Waals surface area contributed by atoms with Crippen molar-refractivity contribution in [2.24, 2.45) is 56.7 Å². The number of carbonyl (C=O) groups is 2. The van der Waals surface area contributed by atoms with E-state index in [0.717, 1.165) is 51.4 Å². The summed E-state index contributed by atoms with van der Waals surface area (Å²) in [4.78, 5) is 25.9. The van der Waals surface area contributed by atoms with E-state index in [9.17, 15) is 9.59 Å². The molecule has 0 N–H and O–H groups in total. The van der Waals surface area contributed by atoms with Crippen LogP contribution in [0.5, 0.6) is 0 Å². The van der Waals surface area contributed by atoms with Crippen LogP contribution in [0.1, 0.15) is 132 Å². The molecule has 0 spiro atoms. The third-order valence-corrected chi connectivity index (χ3v) is 14.5. The Labute approximate surface area is 244 Å². The molecule has 5 fully saturated rings. The Morgan fingerprint density at radius 3 is 2.20 bits per heavy atom. The van der Waals surface area contributed by atoms with E-state index < -0.39 is 0 Å². The minimum absolute atomic E-state index is 0.0157. The normalized spacial score (nSPS) is 47.2. The molecule has 0 unspecified atom stereocenters. The summed E-state index contributed by atoms with van der Waals surface area (Å²) in [7, 11) is 0. The molecule has 0 saturated heterocycles. The fourth-order valence-corrected chi connectivity index (χ4v) is 12.3. The fraction of sp³-hybridized carbons (Fsp3) is 0.889. The van der Waals surface area contributed by atoms with Crippen LogP contribution < -0.4 is 0 Å². The van der Waals surface area contributed by atoms with Crippen LogP contribution in [0.15, 0.2) is 12.2 Å². The SMILES string of the molecule is C=C(C)[C@@H]1CC[C@]2(C(=O)OCCCC)CC[C@]3(C)[C@H](CC[C@@H]4[C@@]5(C)CC[C@H](OC(C)=O)C(C)(C)[C@@H]5CC[C@]43C)[C@@H]12. The van der Waals surface area contributed by atoms with Gasteiger partial charge in [-0.1, -0.05) is 60.1 Å². The zero-order chi connectivity index (χ0) is 29.3. The second kappa shape index (κ2) is 10.1. The summed E-state index contributed by atoms with van der Waals surface area (Å²) in [6, 6.07) is 0. The predicted molar refractivity (Wildman–Crippen MR) is 160 cm³/mol. The van der Waals surface area contributed by atoms with Gasteiger partial charge in [0.25, 0.3) is 0 Å². The van der Waals surface area contributed by atoms with Gasteiger partial charge in [-0.25, -0.2) is 0 Å². The van der Waals surface area contributed by atoms with Gasteiger partial charge in [0.2, 0.25) is 0 Å². The number of unbranched alkanes of at least 4 members (excludes halogenated alkanes) is 1. The highest BCUT2D eigenvalue weighted by Gasteiger charge is 2.72. The summed E-state index contributed by atoms with van der Waals surface area (Å²) >= 11 is 0. The van der Waals surface area contributed by atoms with Crippen LogP contribution in [0.4, 0.5) is 0 Å². The molecule has 0 bridgehead atoms. The molecule has 0 aromatic carbocycles. The zero-order valence-corrected chi connectivity index (χ0v) is 27.0. The van der Waals surface area contributed by atoms with Crippen molar-refractivity contribution in [3.05, 3.63) is 12.2 Å². The minimum atomic E-state index is -0.323. The lowest BCUT2D eigenvalue weighted by Crippen LogP contribution is -2.67. The quantitative estimate of drug-likeness (QED) is 0.187. The van der Waals surface area contributed by atoms with E-state index in [0.29, 0.717) is 36.2 Å². The van der Waals surface area contributed by atoms with Crippen LogP contribution in [0.2, 0.25) is 0 Å². The summed E-state index contributed by atoms with van der Waals surface area (Å²) in [6.07, 6.45) is 13.2. The van der Waals surface area contributed by atoms with Crippen molar-refractivity contribution in [3.63, 3.8) is 0 Å². The van der Waals surface area contributed by atoms with Gasteiger partial charge < -0.3 is 9.47 Å². The molecule has 226 valence electrons. The molecule has 0 amide bonds. The van der Waals surface area contributed by atoms with E-state index in [1.54, 1.807) is 6.92 Å². The number of hydrogen-bond donors (Lipinski definition) is 0. The highest BCUT2D eigenvalue weighted by molar-refractivity contribution is 5.78. The summed E-state index contributed by atoms with van der Waals surface area (Å²) in [5.74, 6) is 2.50. The molecule has 0 radical (unpaired) electrons. The number of allylic oxidation sites excluding steroid dienone is 1. The number of fused-ring (bicyclic) bond motifs is 7. The van der Waals surface area contributed by atoms with Gasteiger partial charge in [0.15, 0.2) is 0 Å². The first-order valence-corrected chi connectivity index (χ1v) is 16.7. The second-order valence-corrected chi connectivity index (χ2v) is 16.3. The lowest BCUT2D eigenvalue weighted by molar-refractivity contribution is -0.250. The molecule has 5 aliphatic carbocycles. The van der Waals surface area contributed by atoms with Gasteiger partial charge in [0, 0.05) is 12.3 Å². The standard InChI is InChI=1S/C36H58O4/c1-10-11-22-39-31(38)36-19-14-25(23(2)3)30(36)26-12-13-28-33(7)17-16-29(40-24(4)37)32(5,6)27(33)15-18-35(28,9)34(26,8)20-21-36/h25-30H,2,10-22H2,1,3-9H3/t25-,26+,27-,28+,29-,30+,33-,34+,35+,36-/m0/s1. The van der Waals surface area contributed by atoms with Gasteiger partial charge in [-0.3, -0.25) is 9.59 Å². The van der Waals surface area contributed by atoms with Crippen molar-refractivity contribution in [1.82, 2.24) is 0 Å². The van der Waals surface area contributed by atoms with E-state index in [1.807, 2.05) is 0 Å². The van der Waals surface area contributed by atoms with E-state index in [-0.39, 0.29) is 45.1 Å². The van der Waals surface area contributed by atoms with E-state index in [1.165, 1.54) is 31.3 Å². The second-order valence-electron chi connectivity index (χ2n) is 16.3. The Bertz CT molecular complexity index is 1030. The lowest BCUT2D eigenvalue weighted by Gasteiger charge is -2.72. The van der Waals surface area contributed by atoms with E-state index in [4.69, 9.17) is 9.47 Å². The summed E-state index contributed by atoms with van der Waals surface area (Å²) < 4.78 is 12.0. The maximum absolute atomic E-state index is 13.9. The maximum Gasteiger partial charge on any atom is 0.312 e. The summed E-state index contributed by atoms with van der Waals surface area (Å²) in [6.45, 7) is 23.6. The van der Waals surface area contributed by atoms with Crippen LogP contribution in [-0.2, 0) is 19.1 Å². The van der Waals surface area contributed by atoms with Gasteiger partial charge >= 0.3 is 11.9 Å². The molecule has 5 aliphatic rings. The third kappa shape index (κ3) is 4.10. The third-order valence-electron chi connectivity index (χ3n) is 14.5. The molecular weight excluding hydrogens is 496 g/mol. The van der Waals surface area contributed by atoms with Crippen LogP contribution in [0.3, 0.4) is 0 Å². The average molecular weight is 555 g/mol. The van der Waals surface area contributed by atoms with Crippen LogP contribution in [0, 0.1) is 56.7 Å². The Morgan fingerprint density at radius 1 is 0.825 bits per heavy atom. The number of esters is 2. The molecule has 5 rings (SSSR count). The summed E-state index contributed by atoms with van der Waals surface area (Å²) in [5.41, 5.74) is 1.63. The van der Waals surface area contributed by atoms with Gasteiger partial charge in [-0.05, 0) is 123 Å². The van der Waals surface area contributed by atoms with Crippen molar-refractivity contribution >= 4 is 11.9 Å². The van der Waals surface area contributed by atoms with Gasteiger partial charge in [-0.15, -0.1) is 0 Å². The smallest absolute Gasteiger partial charge is 0.312 e. The molecule has 0 aromatic rings. The van der Waals surface area contributed by atoms with Gasteiger partial charge in [0.1, 0.15) is 6.10 Å². The largest absolute Gasteiger partial charge is 0.465 e. The Balaban J connectivity index is 1.48. The zero-order valence-electron chi connectivity index (χ0n) is 27.0. The number of ether oxygens (including phenoxy) is 2. The first kappa shape index (κ1) is 30.1. The Kier molecular flexibility index (Phi) is 7.65. The van der Waals surface area contributed by atoms with Crippen LogP contribution in [-0.4, -0.2) is 24.6 Å². The highest BCUT2D eigenvalue weighted by atomic mass is 16.5. The molecule has 10 atom stereocenters. The van der Waals surface area contributed by atoms with Gasteiger partial charge in [0.05, 0.1) is 12.0 Å². The maximum atomic E-state index is 13.9. The van der Waals surface area contributed by atoms with Crippen molar-refractivity contribution in [2.75, 3.05) is 6.61 Å². The topological polar surface area (TPSA) is 52.6 Å². The van der Waals surface area contributed by atoms with Crippen LogP contribution in [0.25, 0.3) is 0 Å². The van der Waals surface area contributed by atoms with Gasteiger partial charge in [-0.2, -0.15) is 0 Å². The predicted octanol–water partition coefficient (Wildman–Crippen LogP) is 8.92. The van der Waals surface area contributed by atoms with Crippen LogP contribution >= 0.6 is 0 Å². The monoisotopic (exact) mass is 554 g/mol. The number of rotatable bonds is 6. The van der Waals surface area contributed by atoms with Crippen molar-refractivity contribution in [1.29, 1.82) is 0 Å². The minimum Gasteiger partial charge on any atom is -0.465 e. The molecule has 0 heterocycles. The molecule has 0 aliphatic heterocycles. The molecule has 4 heteroatoms. The number of carbonyl (C=O) groups excluding carboxylic acids is 2. The van der Waals surface area contributed by atoms with Crippen molar-refractivity contribution in [3.8, 4) is 0 Å². The Morgan fingerprint density at radius 2 is 1.55 bits per heavy atom. The lowest BCUT2D eigenvalue weighted by atomic mass is 9.32. The molecule has 0 aromatic heterocycles. The first-order valence-electron chi connectivity index (χ1n) is 16.7. The number of hydrogen-bond acceptors (Lipinski definition) is 4. The highest BCUT2D eigenvalue weighted by Crippen LogP contribution is 2.77. The Hall–Kier alpha value is -1.32. The first-order chi connectivity index (χ1) is 18.7. The van der Waals surface area contributed by atoms with E-state index >= 15 is 0 Å². The molecular formula is C36H58O4. The summed E-state index contributed by atoms with van der Waals surface area (Å²) in [5, 5.41) is 0. The molecule has 40 heavy (non-hydrogen) atoms. The van der Waals surface area contributed by atoms with Crippen molar-refractivity contribution < 1.29 is 19.1 Å². The van der Waals surface area contributed by atoms with Crippen molar-refractivity contribution in [2.45, 2.75) is 139 Å². The fourth-order valence-electron chi connectivity index (χ4n) is 12.3. The molecule has 5 saturated carbocycles. The average Bonchev–Trinajstić information content (AvgIpc) is 3.27.